The first-order chi connectivity index (χ1) is 6.77. The van der Waals surface area contributed by atoms with Gasteiger partial charge in [-0.2, -0.15) is 5.26 Å². The molecule has 0 spiro atoms. The van der Waals surface area contributed by atoms with Crippen molar-refractivity contribution in [2.45, 2.75) is 6.92 Å². The maximum Gasteiger partial charge on any atom is 0.129 e. The molecule has 0 amide bonds. The molecule has 1 aromatic heterocycles. The third kappa shape index (κ3) is 2.91. The Labute approximate surface area is 87.3 Å². The molecule has 1 aromatic rings. The first-order valence-electron chi connectivity index (χ1n) is 4.39. The average molecular weight is 211 g/mol. The average Bonchev–Trinajstić information content (AvgIpc) is 2.54. The minimum atomic E-state index is 0.538. The van der Waals surface area contributed by atoms with Gasteiger partial charge in [0.1, 0.15) is 10.9 Å². The zero-order chi connectivity index (χ0) is 10.4. The van der Waals surface area contributed by atoms with Crippen LogP contribution in [0.2, 0.25) is 0 Å². The number of thiophene rings is 1. The quantitative estimate of drug-likeness (QED) is 0.726. The van der Waals surface area contributed by atoms with E-state index < -0.39 is 0 Å². The van der Waals surface area contributed by atoms with Gasteiger partial charge in [-0.25, -0.2) is 0 Å². The van der Waals surface area contributed by atoms with Crippen LogP contribution >= 0.6 is 11.3 Å². The molecular formula is C9H13N3OS. The number of hydrogen-bond acceptors (Lipinski definition) is 5. The smallest absolute Gasteiger partial charge is 0.129 e. The second kappa shape index (κ2) is 5.47. The van der Waals surface area contributed by atoms with Crippen LogP contribution < -0.4 is 11.1 Å². The molecule has 0 aliphatic rings. The monoisotopic (exact) mass is 211 g/mol. The Morgan fingerprint density at radius 3 is 3.07 bits per heavy atom. The van der Waals surface area contributed by atoms with Gasteiger partial charge in [0.15, 0.2) is 0 Å². The van der Waals surface area contributed by atoms with Crippen LogP contribution in [0, 0.1) is 11.3 Å². The van der Waals surface area contributed by atoms with Gasteiger partial charge in [0.2, 0.25) is 0 Å². The second-order valence-corrected chi connectivity index (χ2v) is 3.68. The molecule has 0 bridgehead atoms. The molecule has 76 valence electrons. The van der Waals surface area contributed by atoms with Gasteiger partial charge < -0.3 is 15.8 Å². The maximum absolute atomic E-state index is 8.67. The summed E-state index contributed by atoms with van der Waals surface area (Å²) in [6.07, 6.45) is 0. The van der Waals surface area contributed by atoms with Crippen molar-refractivity contribution in [3.8, 4) is 6.07 Å². The molecule has 0 fully saturated rings. The number of hydrogen-bond donors (Lipinski definition) is 2. The Morgan fingerprint density at radius 2 is 2.50 bits per heavy atom. The highest BCUT2D eigenvalue weighted by atomic mass is 32.1. The van der Waals surface area contributed by atoms with E-state index in [2.05, 4.69) is 5.32 Å². The van der Waals surface area contributed by atoms with E-state index >= 15 is 0 Å². The third-order valence-electron chi connectivity index (χ3n) is 1.61. The van der Waals surface area contributed by atoms with Crippen molar-refractivity contribution in [1.29, 1.82) is 5.26 Å². The zero-order valence-electron chi connectivity index (χ0n) is 8.04. The molecule has 0 aromatic carbocycles. The first kappa shape index (κ1) is 10.8. The molecule has 1 rings (SSSR count). The summed E-state index contributed by atoms with van der Waals surface area (Å²) in [5.41, 5.74) is 6.14. The minimum Gasteiger partial charge on any atom is -0.397 e. The largest absolute Gasteiger partial charge is 0.397 e. The molecule has 1 heterocycles. The van der Waals surface area contributed by atoms with Crippen LogP contribution in [0.1, 0.15) is 11.8 Å². The van der Waals surface area contributed by atoms with E-state index in [1.54, 1.807) is 6.07 Å². The fraction of sp³-hybridized carbons (Fsp3) is 0.444. The molecule has 0 atom stereocenters. The van der Waals surface area contributed by atoms with Crippen molar-refractivity contribution >= 4 is 22.0 Å². The molecule has 0 saturated heterocycles. The molecule has 5 heteroatoms. The number of nitrogens with zero attached hydrogens (tertiary/aromatic N) is 1. The number of nitrogens with two attached hydrogens (primary N) is 1. The SMILES string of the molecule is CCOCCNc1cc(N)c(C#N)s1. The van der Waals surface area contributed by atoms with Crippen LogP contribution in [-0.2, 0) is 4.74 Å². The number of nitrogens with one attached hydrogen (secondary N) is 1. The minimum absolute atomic E-state index is 0.538. The van der Waals surface area contributed by atoms with E-state index in [0.29, 0.717) is 17.2 Å². The van der Waals surface area contributed by atoms with E-state index in [9.17, 15) is 0 Å². The fourth-order valence-electron chi connectivity index (χ4n) is 0.970. The third-order valence-corrected chi connectivity index (χ3v) is 2.63. The molecule has 0 aliphatic carbocycles. The van der Waals surface area contributed by atoms with Gasteiger partial charge in [-0.3, -0.25) is 0 Å². The molecule has 4 nitrogen and oxygen atoms in total. The van der Waals surface area contributed by atoms with Crippen LogP contribution in [0.3, 0.4) is 0 Å². The standard InChI is InChI=1S/C9H13N3OS/c1-2-13-4-3-12-9-5-7(11)8(6-10)14-9/h5,12H,2-4,11H2,1H3. The first-order valence-corrected chi connectivity index (χ1v) is 5.20. The van der Waals surface area contributed by atoms with E-state index in [-0.39, 0.29) is 0 Å². The van der Waals surface area contributed by atoms with Crippen LogP contribution in [0.5, 0.6) is 0 Å². The van der Waals surface area contributed by atoms with Gasteiger partial charge >= 0.3 is 0 Å². The van der Waals surface area contributed by atoms with Crippen molar-refractivity contribution in [2.75, 3.05) is 30.8 Å². The zero-order valence-corrected chi connectivity index (χ0v) is 8.86. The summed E-state index contributed by atoms with van der Waals surface area (Å²) in [7, 11) is 0. The molecule has 0 saturated carbocycles. The van der Waals surface area contributed by atoms with Gasteiger partial charge in [0.25, 0.3) is 0 Å². The highest BCUT2D eigenvalue weighted by molar-refractivity contribution is 7.17. The van der Waals surface area contributed by atoms with Crippen molar-refractivity contribution in [3.05, 3.63) is 10.9 Å². The van der Waals surface area contributed by atoms with Gasteiger partial charge in [-0.1, -0.05) is 0 Å². The van der Waals surface area contributed by atoms with Crippen LogP contribution in [-0.4, -0.2) is 19.8 Å². The molecule has 0 radical (unpaired) electrons. The number of rotatable bonds is 5. The van der Waals surface area contributed by atoms with Crippen LogP contribution in [0.15, 0.2) is 6.07 Å². The number of anilines is 2. The Balaban J connectivity index is 2.40. The molecular weight excluding hydrogens is 198 g/mol. The lowest BCUT2D eigenvalue weighted by atomic mass is 10.4. The predicted molar refractivity (Wildman–Crippen MR) is 58.4 cm³/mol. The van der Waals surface area contributed by atoms with Gasteiger partial charge in [0.05, 0.1) is 17.3 Å². The topological polar surface area (TPSA) is 71.1 Å². The van der Waals surface area contributed by atoms with Crippen LogP contribution in [0.25, 0.3) is 0 Å². The predicted octanol–water partition coefficient (Wildman–Crippen LogP) is 1.65. The second-order valence-electron chi connectivity index (χ2n) is 2.63. The maximum atomic E-state index is 8.67. The lowest BCUT2D eigenvalue weighted by Crippen LogP contribution is -2.07. The Morgan fingerprint density at radius 1 is 1.71 bits per heavy atom. The van der Waals surface area contributed by atoms with Gasteiger partial charge in [-0.05, 0) is 13.0 Å². The number of ether oxygens (including phenoxy) is 1. The molecule has 0 aliphatic heterocycles. The highest BCUT2D eigenvalue weighted by Gasteiger charge is 2.04. The van der Waals surface area contributed by atoms with Crippen molar-refractivity contribution in [1.82, 2.24) is 0 Å². The number of nitrogen functional groups attached to an aromatic ring is 1. The van der Waals surface area contributed by atoms with Gasteiger partial charge in [-0.15, -0.1) is 11.3 Å². The summed E-state index contributed by atoms with van der Waals surface area (Å²) in [6, 6.07) is 3.81. The van der Waals surface area contributed by atoms with E-state index in [1.807, 2.05) is 13.0 Å². The van der Waals surface area contributed by atoms with E-state index in [1.165, 1.54) is 11.3 Å². The Hall–Kier alpha value is -1.25. The molecule has 0 unspecified atom stereocenters. The van der Waals surface area contributed by atoms with Crippen molar-refractivity contribution in [3.63, 3.8) is 0 Å². The van der Waals surface area contributed by atoms with E-state index in [0.717, 1.165) is 18.2 Å². The lowest BCUT2D eigenvalue weighted by Gasteiger charge is -2.02. The summed E-state index contributed by atoms with van der Waals surface area (Å²) < 4.78 is 5.16. The van der Waals surface area contributed by atoms with E-state index in [4.69, 9.17) is 15.7 Å². The summed E-state index contributed by atoms with van der Waals surface area (Å²) in [5, 5.41) is 12.7. The highest BCUT2D eigenvalue weighted by Crippen LogP contribution is 2.27. The summed E-state index contributed by atoms with van der Waals surface area (Å²) >= 11 is 1.36. The van der Waals surface area contributed by atoms with Crippen molar-refractivity contribution < 1.29 is 4.74 Å². The molecule has 3 N–H and O–H groups in total. The Bertz CT molecular complexity index is 329. The summed E-state index contributed by atoms with van der Waals surface area (Å²) in [5.74, 6) is 0. The molecule has 14 heavy (non-hydrogen) atoms. The van der Waals surface area contributed by atoms with Crippen molar-refractivity contribution in [2.24, 2.45) is 0 Å². The lowest BCUT2D eigenvalue weighted by molar-refractivity contribution is 0.158. The Kier molecular flexibility index (Phi) is 4.23. The fourth-order valence-corrected chi connectivity index (χ4v) is 1.77. The van der Waals surface area contributed by atoms with Gasteiger partial charge in [0, 0.05) is 13.2 Å². The normalized spacial score (nSPS) is 9.71. The van der Waals surface area contributed by atoms with Crippen LogP contribution in [0.4, 0.5) is 10.7 Å². The number of nitriles is 1. The summed E-state index contributed by atoms with van der Waals surface area (Å²) in [4.78, 5) is 0.559. The summed E-state index contributed by atoms with van der Waals surface area (Å²) in [6.45, 7) is 4.07.